The van der Waals surface area contributed by atoms with E-state index in [1.54, 1.807) is 12.1 Å². The van der Waals surface area contributed by atoms with Gasteiger partial charge in [0.15, 0.2) is 0 Å². The maximum atomic E-state index is 13.9. The fraction of sp³-hybridized carbons (Fsp3) is 0.640. The number of rotatable bonds is 10. The first kappa shape index (κ1) is 25.1. The van der Waals surface area contributed by atoms with E-state index in [4.69, 9.17) is 4.74 Å². The molecule has 1 aromatic carbocycles. The van der Waals surface area contributed by atoms with E-state index in [2.05, 4.69) is 33.5 Å². The molecule has 1 aromatic rings. The van der Waals surface area contributed by atoms with Crippen LogP contribution >= 0.6 is 15.9 Å². The first-order valence-corrected chi connectivity index (χ1v) is 13.2. The molecule has 3 amide bonds. The molecule has 3 heterocycles. The van der Waals surface area contributed by atoms with Crippen LogP contribution in [0.5, 0.6) is 0 Å². The molecule has 7 atom stereocenters. The smallest absolute Gasteiger partial charge is 0.245 e. The predicted molar refractivity (Wildman–Crippen MR) is 131 cm³/mol. The van der Waals surface area contributed by atoms with Gasteiger partial charge in [0.25, 0.3) is 0 Å². The van der Waals surface area contributed by atoms with Crippen molar-refractivity contribution >= 4 is 39.3 Å². The van der Waals surface area contributed by atoms with Crippen LogP contribution in [-0.2, 0) is 19.1 Å². The average Bonchev–Trinajstić information content (AvgIpc) is 3.42. The highest BCUT2D eigenvalue weighted by molar-refractivity contribution is 9.09. The van der Waals surface area contributed by atoms with Crippen LogP contribution in [-0.4, -0.2) is 69.5 Å². The third kappa shape index (κ3) is 4.16. The molecule has 9 heteroatoms. The lowest BCUT2D eigenvalue weighted by Crippen LogP contribution is -2.58. The molecule has 3 N–H and O–H groups in total. The Kier molecular flexibility index (Phi) is 7.64. The molecule has 0 aromatic heterocycles. The summed E-state index contributed by atoms with van der Waals surface area (Å²) in [5.41, 5.74) is -0.462. The van der Waals surface area contributed by atoms with Crippen molar-refractivity contribution in [1.82, 2.24) is 10.2 Å². The van der Waals surface area contributed by atoms with Crippen LogP contribution in [0.15, 0.2) is 30.3 Å². The minimum Gasteiger partial charge on any atom is -0.394 e. The van der Waals surface area contributed by atoms with Gasteiger partial charge in [-0.15, -0.1) is 0 Å². The molecule has 3 fully saturated rings. The van der Waals surface area contributed by atoms with Gasteiger partial charge in [0.05, 0.1) is 30.6 Å². The van der Waals surface area contributed by atoms with Gasteiger partial charge in [0.1, 0.15) is 11.6 Å². The summed E-state index contributed by atoms with van der Waals surface area (Å²) in [7, 11) is 0. The molecule has 1 spiro atoms. The second-order valence-electron chi connectivity index (χ2n) is 9.51. The molecule has 0 aliphatic carbocycles. The maximum absolute atomic E-state index is 13.9. The van der Waals surface area contributed by atoms with Crippen molar-refractivity contribution in [3.05, 3.63) is 30.3 Å². The lowest BCUT2D eigenvalue weighted by Gasteiger charge is -2.36. The minimum atomic E-state index is -1.11. The number of carbonyl (C=O) groups excluding carboxylic acids is 3. The number of ether oxygens (including phenoxy) is 1. The number of nitrogens with one attached hydrogen (secondary N) is 2. The Balaban J connectivity index is 1.67. The zero-order valence-corrected chi connectivity index (χ0v) is 21.3. The quantitative estimate of drug-likeness (QED) is 0.315. The predicted octanol–water partition coefficient (Wildman–Crippen LogP) is 2.45. The van der Waals surface area contributed by atoms with E-state index in [1.807, 2.05) is 25.1 Å². The van der Waals surface area contributed by atoms with E-state index in [9.17, 15) is 19.5 Å². The fourth-order valence-electron chi connectivity index (χ4n) is 5.90. The average molecular weight is 536 g/mol. The van der Waals surface area contributed by atoms with Gasteiger partial charge < -0.3 is 25.4 Å². The Morgan fingerprint density at radius 2 is 1.97 bits per heavy atom. The number of hydrogen-bond acceptors (Lipinski definition) is 5. The van der Waals surface area contributed by atoms with E-state index in [-0.39, 0.29) is 29.2 Å². The van der Waals surface area contributed by atoms with Crippen LogP contribution in [0.4, 0.5) is 5.69 Å². The summed E-state index contributed by atoms with van der Waals surface area (Å²) in [5, 5.41) is 16.0. The van der Waals surface area contributed by atoms with Gasteiger partial charge in [-0.3, -0.25) is 14.4 Å². The first-order chi connectivity index (χ1) is 16.4. The van der Waals surface area contributed by atoms with Crippen LogP contribution in [0.25, 0.3) is 0 Å². The van der Waals surface area contributed by atoms with Crippen molar-refractivity contribution in [1.29, 1.82) is 0 Å². The van der Waals surface area contributed by atoms with E-state index in [0.29, 0.717) is 25.1 Å². The van der Waals surface area contributed by atoms with Gasteiger partial charge in [0.2, 0.25) is 17.7 Å². The minimum absolute atomic E-state index is 0.160. The lowest BCUT2D eigenvalue weighted by atomic mass is 9.70. The molecule has 4 rings (SSSR count). The molecule has 186 valence electrons. The Morgan fingerprint density at radius 1 is 1.24 bits per heavy atom. The number of para-hydroxylation sites is 1. The molecule has 8 nitrogen and oxygen atoms in total. The van der Waals surface area contributed by atoms with Crippen LogP contribution in [0, 0.1) is 11.8 Å². The van der Waals surface area contributed by atoms with E-state index < -0.39 is 35.6 Å². The number of unbranched alkanes of at least 4 members (excludes halogenated alkanes) is 2. The third-order valence-electron chi connectivity index (χ3n) is 7.47. The van der Waals surface area contributed by atoms with Crippen molar-refractivity contribution in [2.75, 3.05) is 18.5 Å². The highest BCUT2D eigenvalue weighted by Crippen LogP contribution is 2.60. The normalized spacial score (nSPS) is 32.5. The number of alkyl halides is 1. The monoisotopic (exact) mass is 535 g/mol. The Morgan fingerprint density at radius 3 is 2.62 bits per heavy atom. The van der Waals surface area contributed by atoms with Gasteiger partial charge >= 0.3 is 0 Å². The second-order valence-corrected chi connectivity index (χ2v) is 10.7. The zero-order chi connectivity index (χ0) is 24.5. The topological polar surface area (TPSA) is 108 Å². The zero-order valence-electron chi connectivity index (χ0n) is 19.7. The number of nitrogens with zero attached hydrogens (tertiary/aromatic N) is 1. The second kappa shape index (κ2) is 10.3. The number of amides is 3. The highest BCUT2D eigenvalue weighted by Gasteiger charge is 2.76. The molecule has 0 saturated carbocycles. The summed E-state index contributed by atoms with van der Waals surface area (Å²) in [6.07, 6.45) is 3.32. The van der Waals surface area contributed by atoms with Crippen molar-refractivity contribution in [3.8, 4) is 0 Å². The molecule has 34 heavy (non-hydrogen) atoms. The summed E-state index contributed by atoms with van der Waals surface area (Å²) in [4.78, 5) is 42.2. The Hall–Kier alpha value is -1.97. The summed E-state index contributed by atoms with van der Waals surface area (Å²) in [6, 6.07) is 7.70. The number of hydrogen-bond donors (Lipinski definition) is 3. The lowest BCUT2D eigenvalue weighted by molar-refractivity contribution is -0.145. The number of likely N-dealkylation sites (tertiary alicyclic amines) is 1. The first-order valence-electron chi connectivity index (χ1n) is 12.3. The van der Waals surface area contributed by atoms with Gasteiger partial charge in [-0.25, -0.2) is 0 Å². The van der Waals surface area contributed by atoms with Gasteiger partial charge in [0, 0.05) is 17.1 Å². The molecule has 3 unspecified atom stereocenters. The summed E-state index contributed by atoms with van der Waals surface area (Å²) in [6.45, 7) is 4.23. The Bertz CT molecular complexity index is 911. The maximum Gasteiger partial charge on any atom is 0.245 e. The van der Waals surface area contributed by atoms with Crippen LogP contribution < -0.4 is 10.6 Å². The van der Waals surface area contributed by atoms with Gasteiger partial charge in [-0.05, 0) is 31.4 Å². The highest BCUT2D eigenvalue weighted by atomic mass is 79.9. The molecule has 0 radical (unpaired) electrons. The number of aliphatic hydroxyl groups is 1. The number of fused-ring (bicyclic) bond motifs is 1. The van der Waals surface area contributed by atoms with Crippen LogP contribution in [0.2, 0.25) is 0 Å². The van der Waals surface area contributed by atoms with E-state index >= 15 is 0 Å². The van der Waals surface area contributed by atoms with Gasteiger partial charge in [-0.1, -0.05) is 60.8 Å². The summed E-state index contributed by atoms with van der Waals surface area (Å²) in [5.74, 6) is -2.36. The number of benzene rings is 1. The number of anilines is 1. The largest absolute Gasteiger partial charge is 0.394 e. The van der Waals surface area contributed by atoms with Crippen LogP contribution in [0.3, 0.4) is 0 Å². The molecular formula is C25H34BrN3O5. The summed E-state index contributed by atoms with van der Waals surface area (Å²) < 4.78 is 6.46. The number of halogens is 1. The molecule has 3 saturated heterocycles. The van der Waals surface area contributed by atoms with Crippen molar-refractivity contribution in [2.45, 2.75) is 74.6 Å². The fourth-order valence-corrected chi connectivity index (χ4v) is 6.85. The standard InChI is InChI=1S/C25H34BrN3O5/c1-3-5-9-12-27-23(32)21-25-13-17(26)20(34-25)18(22(31)28-15-10-7-6-8-11-15)19(25)24(33)29(21)16(4-2)14-30/h6-8,10-11,16-21,30H,3-5,9,12-14H2,1-2H3,(H,27,32)(H,28,31)/t16-,17?,18-,19-,20-,21?,25?/m0/s1. The van der Waals surface area contributed by atoms with E-state index in [1.165, 1.54) is 4.90 Å². The van der Waals surface area contributed by atoms with Crippen LogP contribution in [0.1, 0.15) is 46.0 Å². The molecule has 2 bridgehead atoms. The Labute approximate surface area is 208 Å². The molecular weight excluding hydrogens is 502 g/mol. The van der Waals surface area contributed by atoms with Crippen molar-refractivity contribution in [3.63, 3.8) is 0 Å². The number of carbonyl (C=O) groups is 3. The molecule has 3 aliphatic heterocycles. The SMILES string of the molecule is CCCCCNC(=O)C1N([C@@H](CC)CO)C(=O)[C@@H]2[C@H](C(=O)Nc3ccccc3)[C@H]3OC12CC3Br. The van der Waals surface area contributed by atoms with Crippen molar-refractivity contribution in [2.24, 2.45) is 11.8 Å². The third-order valence-corrected chi connectivity index (χ3v) is 8.32. The van der Waals surface area contributed by atoms with E-state index in [0.717, 1.165) is 19.3 Å². The molecule has 3 aliphatic rings. The number of aliphatic hydroxyl groups excluding tert-OH is 1. The summed E-state index contributed by atoms with van der Waals surface area (Å²) >= 11 is 3.67. The van der Waals surface area contributed by atoms with Gasteiger partial charge in [-0.2, -0.15) is 0 Å². The van der Waals surface area contributed by atoms with Crippen molar-refractivity contribution < 1.29 is 24.2 Å².